The third-order valence-corrected chi connectivity index (χ3v) is 5.66. The summed E-state index contributed by atoms with van der Waals surface area (Å²) in [5.74, 6) is 2.65. The van der Waals surface area contributed by atoms with Crippen LogP contribution in [0.15, 0.2) is 5.16 Å². The predicted octanol–water partition coefficient (Wildman–Crippen LogP) is 4.10. The van der Waals surface area contributed by atoms with Gasteiger partial charge in [0.2, 0.25) is 0 Å². The third-order valence-electron chi connectivity index (χ3n) is 4.63. The molecule has 128 valence electrons. The molecule has 6 heteroatoms. The zero-order chi connectivity index (χ0) is 16.1. The Morgan fingerprint density at radius 3 is 2.70 bits per heavy atom. The Morgan fingerprint density at radius 2 is 2.00 bits per heavy atom. The number of hydrogen-bond acceptors (Lipinski definition) is 5. The van der Waals surface area contributed by atoms with E-state index in [4.69, 9.17) is 4.74 Å². The Hall–Kier alpha value is -1.04. The average molecular weight is 337 g/mol. The SMILES string of the molecule is CCOC(=O)CCCSc1nnc(C2CC2)n1C1CCCCC1. The molecule has 0 radical (unpaired) electrons. The van der Waals surface area contributed by atoms with Gasteiger partial charge in [0, 0.05) is 24.1 Å². The van der Waals surface area contributed by atoms with Gasteiger partial charge in [-0.1, -0.05) is 31.0 Å². The maximum atomic E-state index is 11.4. The number of ether oxygens (including phenoxy) is 1. The van der Waals surface area contributed by atoms with Gasteiger partial charge in [-0.05, 0) is 39.0 Å². The fourth-order valence-corrected chi connectivity index (χ4v) is 4.25. The van der Waals surface area contributed by atoms with Crippen LogP contribution in [0.1, 0.15) is 82.5 Å². The second-order valence-electron chi connectivity index (χ2n) is 6.53. The quantitative estimate of drug-likeness (QED) is 0.406. The van der Waals surface area contributed by atoms with Gasteiger partial charge in [-0.3, -0.25) is 4.79 Å². The Kier molecular flexibility index (Phi) is 5.97. The summed E-state index contributed by atoms with van der Waals surface area (Å²) in [5.41, 5.74) is 0. The summed E-state index contributed by atoms with van der Waals surface area (Å²) in [5, 5.41) is 10.0. The van der Waals surface area contributed by atoms with Crippen LogP contribution in [0.2, 0.25) is 0 Å². The lowest BCUT2D eigenvalue weighted by Crippen LogP contribution is -2.16. The molecular weight excluding hydrogens is 310 g/mol. The largest absolute Gasteiger partial charge is 0.466 e. The van der Waals surface area contributed by atoms with Crippen LogP contribution >= 0.6 is 11.8 Å². The molecule has 0 aromatic carbocycles. The molecule has 2 saturated carbocycles. The number of hydrogen-bond donors (Lipinski definition) is 0. The summed E-state index contributed by atoms with van der Waals surface area (Å²) in [6.07, 6.45) is 10.4. The van der Waals surface area contributed by atoms with Crippen LogP contribution in [0.5, 0.6) is 0 Å². The van der Waals surface area contributed by atoms with Gasteiger partial charge in [0.25, 0.3) is 0 Å². The van der Waals surface area contributed by atoms with E-state index in [1.165, 1.54) is 50.8 Å². The topological polar surface area (TPSA) is 57.0 Å². The minimum Gasteiger partial charge on any atom is -0.466 e. The van der Waals surface area contributed by atoms with Crippen molar-refractivity contribution >= 4 is 17.7 Å². The zero-order valence-electron chi connectivity index (χ0n) is 14.0. The minimum atomic E-state index is -0.0967. The molecule has 0 saturated heterocycles. The van der Waals surface area contributed by atoms with Crippen LogP contribution < -0.4 is 0 Å². The first-order valence-electron chi connectivity index (χ1n) is 9.02. The first-order chi connectivity index (χ1) is 11.3. The molecule has 0 unspecified atom stereocenters. The molecule has 0 aliphatic heterocycles. The van der Waals surface area contributed by atoms with E-state index in [9.17, 15) is 4.79 Å². The van der Waals surface area contributed by atoms with Gasteiger partial charge in [-0.25, -0.2) is 0 Å². The molecule has 1 aromatic heterocycles. The van der Waals surface area contributed by atoms with Crippen molar-refractivity contribution in [1.82, 2.24) is 14.8 Å². The Labute approximate surface area is 142 Å². The molecule has 1 heterocycles. The van der Waals surface area contributed by atoms with Crippen molar-refractivity contribution in [3.05, 3.63) is 5.82 Å². The van der Waals surface area contributed by atoms with Crippen LogP contribution in [0, 0.1) is 0 Å². The molecule has 2 aliphatic rings. The number of thioether (sulfide) groups is 1. The molecular formula is C17H27N3O2S. The van der Waals surface area contributed by atoms with Gasteiger partial charge in [0.15, 0.2) is 5.16 Å². The fourth-order valence-electron chi connectivity index (χ4n) is 3.30. The summed E-state index contributed by atoms with van der Waals surface area (Å²) in [7, 11) is 0. The van der Waals surface area contributed by atoms with Crippen molar-refractivity contribution in [3.63, 3.8) is 0 Å². The van der Waals surface area contributed by atoms with E-state index < -0.39 is 0 Å². The number of esters is 1. The standard InChI is InChI=1S/C17H27N3O2S/c1-2-22-15(21)9-6-12-23-17-19-18-16(13-10-11-13)20(17)14-7-4-3-5-8-14/h13-14H,2-12H2,1H3. The molecule has 0 atom stereocenters. The van der Waals surface area contributed by atoms with Crippen molar-refractivity contribution in [2.75, 3.05) is 12.4 Å². The molecule has 0 N–H and O–H groups in total. The fraction of sp³-hybridized carbons (Fsp3) is 0.824. The van der Waals surface area contributed by atoms with E-state index >= 15 is 0 Å². The number of aromatic nitrogens is 3. The van der Waals surface area contributed by atoms with E-state index in [0.717, 1.165) is 17.3 Å². The van der Waals surface area contributed by atoms with E-state index in [-0.39, 0.29) is 5.97 Å². The molecule has 23 heavy (non-hydrogen) atoms. The lowest BCUT2D eigenvalue weighted by Gasteiger charge is -2.25. The molecule has 0 amide bonds. The zero-order valence-corrected chi connectivity index (χ0v) is 14.8. The monoisotopic (exact) mass is 337 g/mol. The minimum absolute atomic E-state index is 0.0967. The number of carbonyl (C=O) groups excluding carboxylic acids is 1. The first kappa shape index (κ1) is 16.8. The highest BCUT2D eigenvalue weighted by Crippen LogP contribution is 2.43. The third kappa shape index (κ3) is 4.49. The summed E-state index contributed by atoms with van der Waals surface area (Å²) in [6.45, 7) is 2.31. The van der Waals surface area contributed by atoms with Gasteiger partial charge in [0.1, 0.15) is 5.82 Å². The number of nitrogens with zero attached hydrogens (tertiary/aromatic N) is 3. The Morgan fingerprint density at radius 1 is 1.22 bits per heavy atom. The Bertz CT molecular complexity index is 522. The van der Waals surface area contributed by atoms with Crippen molar-refractivity contribution in [2.24, 2.45) is 0 Å². The van der Waals surface area contributed by atoms with E-state index in [0.29, 0.717) is 25.0 Å². The van der Waals surface area contributed by atoms with E-state index in [2.05, 4.69) is 14.8 Å². The maximum absolute atomic E-state index is 11.4. The molecule has 2 fully saturated rings. The van der Waals surface area contributed by atoms with Crippen LogP contribution in [0.25, 0.3) is 0 Å². The van der Waals surface area contributed by atoms with Crippen molar-refractivity contribution < 1.29 is 9.53 Å². The van der Waals surface area contributed by atoms with E-state index in [1.54, 1.807) is 11.8 Å². The number of rotatable bonds is 8. The van der Waals surface area contributed by atoms with Gasteiger partial charge in [-0.15, -0.1) is 10.2 Å². The van der Waals surface area contributed by atoms with Crippen LogP contribution in [0.4, 0.5) is 0 Å². The molecule has 3 rings (SSSR count). The molecule has 0 spiro atoms. The lowest BCUT2D eigenvalue weighted by atomic mass is 9.95. The maximum Gasteiger partial charge on any atom is 0.305 e. The molecule has 2 aliphatic carbocycles. The summed E-state index contributed by atoms with van der Waals surface area (Å²) in [6, 6.07) is 0.585. The first-order valence-corrected chi connectivity index (χ1v) is 10.0. The Balaban J connectivity index is 1.59. The number of carbonyl (C=O) groups is 1. The van der Waals surface area contributed by atoms with Crippen LogP contribution in [0.3, 0.4) is 0 Å². The van der Waals surface area contributed by atoms with Gasteiger partial charge >= 0.3 is 5.97 Å². The van der Waals surface area contributed by atoms with Crippen molar-refractivity contribution in [1.29, 1.82) is 0 Å². The summed E-state index contributed by atoms with van der Waals surface area (Å²) < 4.78 is 7.41. The van der Waals surface area contributed by atoms with Gasteiger partial charge in [0.05, 0.1) is 6.61 Å². The highest BCUT2D eigenvalue weighted by Gasteiger charge is 2.33. The van der Waals surface area contributed by atoms with Crippen LogP contribution in [-0.2, 0) is 9.53 Å². The second kappa shape index (κ2) is 8.18. The smallest absolute Gasteiger partial charge is 0.305 e. The van der Waals surface area contributed by atoms with Gasteiger partial charge in [-0.2, -0.15) is 0 Å². The second-order valence-corrected chi connectivity index (χ2v) is 7.60. The molecule has 1 aromatic rings. The highest BCUT2D eigenvalue weighted by molar-refractivity contribution is 7.99. The lowest BCUT2D eigenvalue weighted by molar-refractivity contribution is -0.143. The molecule has 0 bridgehead atoms. The van der Waals surface area contributed by atoms with E-state index in [1.807, 2.05) is 6.92 Å². The summed E-state index contributed by atoms with van der Waals surface area (Å²) >= 11 is 1.75. The molecule has 5 nitrogen and oxygen atoms in total. The van der Waals surface area contributed by atoms with Crippen LogP contribution in [-0.4, -0.2) is 33.1 Å². The van der Waals surface area contributed by atoms with Crippen molar-refractivity contribution in [2.45, 2.75) is 81.8 Å². The summed E-state index contributed by atoms with van der Waals surface area (Å²) in [4.78, 5) is 11.4. The van der Waals surface area contributed by atoms with Crippen molar-refractivity contribution in [3.8, 4) is 0 Å². The normalized spacial score (nSPS) is 19.0. The predicted molar refractivity (Wildman–Crippen MR) is 90.7 cm³/mol. The van der Waals surface area contributed by atoms with Gasteiger partial charge < -0.3 is 9.30 Å². The highest BCUT2D eigenvalue weighted by atomic mass is 32.2. The average Bonchev–Trinajstić information content (AvgIpc) is 3.33.